The van der Waals surface area contributed by atoms with Crippen LogP contribution in [0.1, 0.15) is 1.43 Å². The van der Waals surface area contributed by atoms with Gasteiger partial charge in [-0.25, -0.2) is 4.57 Å². The van der Waals surface area contributed by atoms with Crippen LogP contribution in [0.4, 0.5) is 0 Å². The first-order chi connectivity index (χ1) is 5.00. The Morgan fingerprint density at radius 1 is 0.833 bits per heavy atom. The Bertz CT molecular complexity index is 192. The van der Waals surface area contributed by atoms with Gasteiger partial charge in [-0.2, -0.15) is 0 Å². The van der Waals surface area contributed by atoms with Gasteiger partial charge in [-0.15, -0.1) is 0 Å². The van der Waals surface area contributed by atoms with Crippen LogP contribution in [0, 0.1) is 0 Å². The molecule has 1 aromatic rings. The minimum absolute atomic E-state index is 0. The van der Waals surface area contributed by atoms with Gasteiger partial charge in [0.25, 0.3) is 0 Å². The molecule has 0 saturated carbocycles. The molecule has 0 aliphatic rings. The molecule has 64 valence electrons. The Labute approximate surface area is 131 Å². The molecule has 0 saturated heterocycles. The summed E-state index contributed by atoms with van der Waals surface area (Å²) in [6.07, 6.45) is 0. The third-order valence-electron chi connectivity index (χ3n) is 0.667. The van der Waals surface area contributed by atoms with E-state index in [0.717, 1.165) is 0 Å². The van der Waals surface area contributed by atoms with Crippen molar-refractivity contribution in [3.05, 3.63) is 36.4 Å². The first kappa shape index (κ1) is 15.8. The minimum Gasteiger partial charge on any atom is -1.00 e. The average Bonchev–Trinajstić information content (AvgIpc) is 1.88. The van der Waals surface area contributed by atoms with Gasteiger partial charge in [-0.1, -0.05) is 36.4 Å². The fraction of sp³-hybridized carbons (Fsp3) is 0. The van der Waals surface area contributed by atoms with E-state index in [1.165, 1.54) is 0 Å². The summed E-state index contributed by atoms with van der Waals surface area (Å²) in [5.41, 5.74) is 0. The van der Waals surface area contributed by atoms with E-state index in [1.54, 1.807) is 0 Å². The van der Waals surface area contributed by atoms with E-state index in [9.17, 15) is 0 Å². The summed E-state index contributed by atoms with van der Waals surface area (Å²) in [5, 5.41) is 0. The molecule has 0 aliphatic carbocycles. The standard InChI is InChI=1S/C6H6.Cs.H3O4P.H/c1-2-4-6-5-3-1;;1-5(2,3)4;/h1-6H;;(H3,1,2,3,4);/q;+1;;-1. The number of phosphoric acid groups is 1. The van der Waals surface area contributed by atoms with Crippen LogP contribution >= 0.6 is 7.82 Å². The molecule has 4 nitrogen and oxygen atoms in total. The van der Waals surface area contributed by atoms with Crippen molar-refractivity contribution in [3.8, 4) is 0 Å². The third kappa shape index (κ3) is 22.5. The maximum Gasteiger partial charge on any atom is 1.00 e. The second-order valence-corrected chi connectivity index (χ2v) is 2.69. The molecule has 0 atom stereocenters. The monoisotopic (exact) mass is 310 g/mol. The zero-order valence-electron chi connectivity index (χ0n) is 7.66. The van der Waals surface area contributed by atoms with Crippen molar-refractivity contribution in [3.63, 3.8) is 0 Å². The number of benzene rings is 1. The summed E-state index contributed by atoms with van der Waals surface area (Å²) in [5.74, 6) is 0. The number of rotatable bonds is 0. The fourth-order valence-corrected chi connectivity index (χ4v) is 0.385. The first-order valence-electron chi connectivity index (χ1n) is 2.78. The average molecular weight is 310 g/mol. The normalized spacial score (nSPS) is 8.92. The van der Waals surface area contributed by atoms with Crippen molar-refractivity contribution in [2.24, 2.45) is 0 Å². The maximum atomic E-state index is 8.88. The summed E-state index contributed by atoms with van der Waals surface area (Å²) in [4.78, 5) is 21.6. The van der Waals surface area contributed by atoms with Gasteiger partial charge < -0.3 is 16.1 Å². The smallest absolute Gasteiger partial charge is 1.00 e. The van der Waals surface area contributed by atoms with Crippen molar-refractivity contribution >= 4 is 7.82 Å². The third-order valence-corrected chi connectivity index (χ3v) is 0.667. The zero-order valence-corrected chi connectivity index (χ0v) is 13.8. The van der Waals surface area contributed by atoms with Crippen LogP contribution in [0.15, 0.2) is 36.4 Å². The SMILES string of the molecule is O=P(O)(O)O.[Cs+].[H-].c1ccccc1. The maximum absolute atomic E-state index is 8.88. The summed E-state index contributed by atoms with van der Waals surface area (Å²) in [7, 11) is -4.64. The van der Waals surface area contributed by atoms with Gasteiger partial charge in [0.05, 0.1) is 0 Å². The van der Waals surface area contributed by atoms with Crippen LogP contribution in [0.2, 0.25) is 0 Å². The summed E-state index contributed by atoms with van der Waals surface area (Å²) in [6, 6.07) is 12.0. The van der Waals surface area contributed by atoms with E-state index in [-0.39, 0.29) is 70.3 Å². The van der Waals surface area contributed by atoms with Gasteiger partial charge in [0.1, 0.15) is 0 Å². The summed E-state index contributed by atoms with van der Waals surface area (Å²) < 4.78 is 8.88. The summed E-state index contributed by atoms with van der Waals surface area (Å²) >= 11 is 0. The molecule has 6 heteroatoms. The topological polar surface area (TPSA) is 77.8 Å². The number of hydrogen-bond donors (Lipinski definition) is 3. The van der Waals surface area contributed by atoms with E-state index < -0.39 is 7.82 Å². The Morgan fingerprint density at radius 2 is 0.917 bits per heavy atom. The largest absolute Gasteiger partial charge is 1.00 e. The molecule has 3 N–H and O–H groups in total. The predicted molar refractivity (Wildman–Crippen MR) is 41.8 cm³/mol. The van der Waals surface area contributed by atoms with Gasteiger partial charge in [-0.05, 0) is 0 Å². The van der Waals surface area contributed by atoms with Crippen LogP contribution in [0.3, 0.4) is 0 Å². The predicted octanol–water partition coefficient (Wildman–Crippen LogP) is -2.13. The van der Waals surface area contributed by atoms with Crippen molar-refractivity contribution < 1.29 is 89.6 Å². The molecule has 1 rings (SSSR count). The zero-order chi connectivity index (χ0) is 8.74. The van der Waals surface area contributed by atoms with E-state index in [4.69, 9.17) is 19.2 Å². The van der Waals surface area contributed by atoms with Gasteiger partial charge in [0.15, 0.2) is 0 Å². The van der Waals surface area contributed by atoms with Crippen LogP contribution in [-0.2, 0) is 4.57 Å². The van der Waals surface area contributed by atoms with E-state index in [2.05, 4.69) is 0 Å². The van der Waals surface area contributed by atoms with Crippen LogP contribution in [-0.4, -0.2) is 14.7 Å². The Kier molecular flexibility index (Phi) is 11.8. The second kappa shape index (κ2) is 8.96. The molecule has 0 amide bonds. The Balaban J connectivity index is -0.000000136. The minimum atomic E-state index is -4.64. The molecular weight excluding hydrogens is 300 g/mol. The van der Waals surface area contributed by atoms with Gasteiger partial charge in [0, 0.05) is 0 Å². The van der Waals surface area contributed by atoms with Crippen LogP contribution in [0.25, 0.3) is 0 Å². The molecule has 0 fully saturated rings. The molecule has 12 heavy (non-hydrogen) atoms. The second-order valence-electron chi connectivity index (χ2n) is 1.67. The molecule has 0 unspecified atom stereocenters. The van der Waals surface area contributed by atoms with Crippen molar-refractivity contribution in [2.45, 2.75) is 0 Å². The first-order valence-corrected chi connectivity index (χ1v) is 4.35. The number of hydrogen-bond acceptors (Lipinski definition) is 1. The molecular formula is C6H10CsO4P. The molecule has 0 bridgehead atoms. The molecule has 0 aliphatic heterocycles. The van der Waals surface area contributed by atoms with E-state index in [1.807, 2.05) is 36.4 Å². The fourth-order valence-electron chi connectivity index (χ4n) is 0.385. The molecule has 0 radical (unpaired) electrons. The molecule has 0 heterocycles. The Morgan fingerprint density at radius 3 is 1.00 bits per heavy atom. The van der Waals surface area contributed by atoms with E-state index in [0.29, 0.717) is 0 Å². The van der Waals surface area contributed by atoms with Gasteiger partial charge in [-0.3, -0.25) is 0 Å². The quantitative estimate of drug-likeness (QED) is 0.479. The molecule has 1 aromatic carbocycles. The molecule has 0 spiro atoms. The van der Waals surface area contributed by atoms with Crippen LogP contribution in [0.5, 0.6) is 0 Å². The van der Waals surface area contributed by atoms with Crippen molar-refractivity contribution in [1.29, 1.82) is 0 Å². The van der Waals surface area contributed by atoms with Crippen molar-refractivity contribution in [1.82, 2.24) is 0 Å². The summed E-state index contributed by atoms with van der Waals surface area (Å²) in [6.45, 7) is 0. The van der Waals surface area contributed by atoms with Gasteiger partial charge in [0.2, 0.25) is 0 Å². The Hall–Kier alpha value is 1.38. The van der Waals surface area contributed by atoms with E-state index >= 15 is 0 Å². The van der Waals surface area contributed by atoms with Crippen LogP contribution < -0.4 is 68.9 Å². The van der Waals surface area contributed by atoms with Crippen molar-refractivity contribution in [2.75, 3.05) is 0 Å². The molecule has 0 aromatic heterocycles. The van der Waals surface area contributed by atoms with Gasteiger partial charge >= 0.3 is 76.7 Å².